The van der Waals surface area contributed by atoms with Gasteiger partial charge < -0.3 is 10.2 Å². The Hall–Kier alpha value is -3.13. The Morgan fingerprint density at radius 1 is 0.952 bits per heavy atom. The van der Waals surface area contributed by atoms with Crippen molar-refractivity contribution >= 4 is 50.9 Å². The van der Waals surface area contributed by atoms with Gasteiger partial charge in [0, 0.05) is 27.0 Å². The first-order chi connectivity index (χ1) is 19.6. The van der Waals surface area contributed by atoms with Crippen LogP contribution in [0, 0.1) is 11.7 Å². The van der Waals surface area contributed by atoms with Gasteiger partial charge in [0.1, 0.15) is 0 Å². The predicted molar refractivity (Wildman–Crippen MR) is 146 cm³/mol. The normalized spacial score (nSPS) is 14.0. The molecule has 0 atom stereocenters. The lowest BCUT2D eigenvalue weighted by atomic mass is 9.94. The number of hydrogen-bond acceptors (Lipinski definition) is 3. The van der Waals surface area contributed by atoms with Gasteiger partial charge in [-0.3, -0.25) is 9.59 Å². The fourth-order valence-corrected chi connectivity index (χ4v) is 5.52. The summed E-state index contributed by atoms with van der Waals surface area (Å²) in [4.78, 5) is 27.3. The monoisotopic (exact) mass is 680 g/mol. The Bertz CT molecular complexity index is 1480. The highest BCUT2D eigenvalue weighted by Crippen LogP contribution is 2.54. The van der Waals surface area contributed by atoms with Crippen molar-refractivity contribution in [1.82, 2.24) is 0 Å². The number of carbonyl (C=O) groups is 2. The number of nitrogens with zero attached hydrogens (tertiary/aromatic N) is 1. The molecular formula is C28H21BrF8N2O2S. The van der Waals surface area contributed by atoms with Gasteiger partial charge in [-0.25, -0.2) is 8.78 Å². The summed E-state index contributed by atoms with van der Waals surface area (Å²) < 4.78 is 110. The van der Waals surface area contributed by atoms with Crippen LogP contribution in [-0.2, 0) is 5.67 Å². The molecule has 1 saturated carbocycles. The molecule has 1 aliphatic rings. The number of nitrogens with one attached hydrogen (secondary N) is 1. The molecule has 0 aliphatic heterocycles. The zero-order valence-electron chi connectivity index (χ0n) is 21.5. The van der Waals surface area contributed by atoms with Crippen molar-refractivity contribution in [1.29, 1.82) is 0 Å². The van der Waals surface area contributed by atoms with Crippen molar-refractivity contribution in [3.8, 4) is 0 Å². The van der Waals surface area contributed by atoms with E-state index in [0.717, 1.165) is 18.9 Å². The molecule has 1 aliphatic carbocycles. The lowest BCUT2D eigenvalue weighted by molar-refractivity contribution is -0.348. The third kappa shape index (κ3) is 6.14. The number of anilines is 2. The molecule has 0 spiro atoms. The van der Waals surface area contributed by atoms with E-state index in [1.165, 1.54) is 23.3 Å². The number of halogens is 9. The van der Waals surface area contributed by atoms with Crippen LogP contribution in [0.3, 0.4) is 0 Å². The Labute approximate surface area is 247 Å². The molecule has 4 rings (SSSR count). The molecule has 0 radical (unpaired) electrons. The zero-order valence-corrected chi connectivity index (χ0v) is 23.9. The summed E-state index contributed by atoms with van der Waals surface area (Å²) in [6.45, 7) is 0.197. The fraction of sp³-hybridized carbons (Fsp3) is 0.286. The van der Waals surface area contributed by atoms with E-state index in [4.69, 9.17) is 0 Å². The van der Waals surface area contributed by atoms with E-state index in [-0.39, 0.29) is 34.8 Å². The van der Waals surface area contributed by atoms with E-state index < -0.39 is 51.3 Å². The lowest BCUT2D eigenvalue weighted by Crippen LogP contribution is -2.50. The number of rotatable bonds is 8. The molecule has 0 unspecified atom stereocenters. The van der Waals surface area contributed by atoms with Crippen LogP contribution in [0.2, 0.25) is 0 Å². The second-order valence-corrected chi connectivity index (χ2v) is 11.2. The van der Waals surface area contributed by atoms with Gasteiger partial charge in [0.2, 0.25) is 0 Å². The van der Waals surface area contributed by atoms with Gasteiger partial charge in [0.05, 0.1) is 16.9 Å². The summed E-state index contributed by atoms with van der Waals surface area (Å²) >= 11 is 3.46. The Balaban J connectivity index is 1.70. The van der Waals surface area contributed by atoms with Crippen molar-refractivity contribution < 1.29 is 44.7 Å². The first kappa shape index (κ1) is 31.8. The maximum atomic E-state index is 15.8. The summed E-state index contributed by atoms with van der Waals surface area (Å²) in [6, 6.07) is 12.5. The van der Waals surface area contributed by atoms with Crippen molar-refractivity contribution in [3.63, 3.8) is 0 Å². The molecule has 1 N–H and O–H groups in total. The minimum atomic E-state index is -6.34. The van der Waals surface area contributed by atoms with Crippen LogP contribution >= 0.6 is 27.7 Å². The van der Waals surface area contributed by atoms with Gasteiger partial charge in [-0.2, -0.15) is 26.3 Å². The molecule has 0 bridgehead atoms. The van der Waals surface area contributed by atoms with E-state index >= 15 is 4.39 Å². The first-order valence-corrected chi connectivity index (χ1v) is 14.3. The maximum Gasteiger partial charge on any atom is 0.435 e. The molecule has 42 heavy (non-hydrogen) atoms. The van der Waals surface area contributed by atoms with E-state index in [2.05, 4.69) is 21.2 Å². The van der Waals surface area contributed by atoms with Gasteiger partial charge in [-0.05, 0) is 77.3 Å². The average Bonchev–Trinajstić information content (AvgIpc) is 3.75. The van der Waals surface area contributed by atoms with Crippen LogP contribution in [0.4, 0.5) is 46.5 Å². The first-order valence-electron chi connectivity index (χ1n) is 12.3. The lowest BCUT2D eigenvalue weighted by Gasteiger charge is -2.31. The zero-order chi connectivity index (χ0) is 31.0. The summed E-state index contributed by atoms with van der Waals surface area (Å²) in [5.74, 6) is -2.51. The molecule has 3 aromatic rings. The summed E-state index contributed by atoms with van der Waals surface area (Å²) in [6.07, 6.45) is -9.71. The van der Waals surface area contributed by atoms with Crippen LogP contribution in [0.15, 0.2) is 70.0 Å². The number of benzene rings is 3. The molecule has 0 saturated heterocycles. The van der Waals surface area contributed by atoms with Crippen LogP contribution in [0.25, 0.3) is 0 Å². The van der Waals surface area contributed by atoms with E-state index in [0.29, 0.717) is 23.4 Å². The number of thioether (sulfide) groups is 1. The number of alkyl halides is 7. The van der Waals surface area contributed by atoms with Crippen molar-refractivity contribution in [3.05, 3.63) is 87.6 Å². The van der Waals surface area contributed by atoms with Gasteiger partial charge >= 0.3 is 18.0 Å². The SMILES string of the molecule is CSc1cc(C(F)(C(F)(F)F)C(F)(F)F)cc(Br)c1NC(=O)c1cccc(N(CC2CC2)C(=O)c2ccccc2)c1F. The summed E-state index contributed by atoms with van der Waals surface area (Å²) in [5.41, 5.74) is -8.17. The highest BCUT2D eigenvalue weighted by molar-refractivity contribution is 9.10. The topological polar surface area (TPSA) is 49.4 Å². The van der Waals surface area contributed by atoms with Crippen LogP contribution in [0.5, 0.6) is 0 Å². The highest BCUT2D eigenvalue weighted by atomic mass is 79.9. The van der Waals surface area contributed by atoms with E-state index in [1.54, 1.807) is 30.3 Å². The summed E-state index contributed by atoms with van der Waals surface area (Å²) in [7, 11) is 0. The minimum Gasteiger partial charge on any atom is -0.320 e. The predicted octanol–water partition coefficient (Wildman–Crippen LogP) is 8.91. The maximum absolute atomic E-state index is 15.8. The Morgan fingerprint density at radius 3 is 2.12 bits per heavy atom. The molecule has 4 nitrogen and oxygen atoms in total. The quantitative estimate of drug-likeness (QED) is 0.191. The van der Waals surface area contributed by atoms with Gasteiger partial charge in [0.15, 0.2) is 5.82 Å². The minimum absolute atomic E-state index is 0.143. The van der Waals surface area contributed by atoms with E-state index in [1.807, 2.05) is 0 Å². The van der Waals surface area contributed by atoms with Crippen molar-refractivity contribution in [2.45, 2.75) is 35.8 Å². The number of amides is 2. The molecule has 0 aromatic heterocycles. The second kappa shape index (κ2) is 11.9. The Kier molecular flexibility index (Phi) is 8.98. The van der Waals surface area contributed by atoms with Crippen LogP contribution < -0.4 is 10.2 Å². The number of hydrogen-bond donors (Lipinski definition) is 1. The van der Waals surface area contributed by atoms with Crippen LogP contribution in [-0.4, -0.2) is 37.0 Å². The van der Waals surface area contributed by atoms with Gasteiger partial charge in [-0.15, -0.1) is 11.8 Å². The molecular weight excluding hydrogens is 660 g/mol. The smallest absolute Gasteiger partial charge is 0.320 e. The highest BCUT2D eigenvalue weighted by Gasteiger charge is 2.73. The molecule has 1 fully saturated rings. The van der Waals surface area contributed by atoms with E-state index in [9.17, 15) is 40.3 Å². The van der Waals surface area contributed by atoms with Gasteiger partial charge in [-0.1, -0.05) is 24.3 Å². The summed E-state index contributed by atoms with van der Waals surface area (Å²) in [5, 5.41) is 2.29. The number of carbonyl (C=O) groups excluding carboxylic acids is 2. The average molecular weight is 681 g/mol. The second-order valence-electron chi connectivity index (χ2n) is 9.51. The standard InChI is InChI=1S/C28H21BrF8N2O2S/c1-42-21-13-17(26(31,27(32,33)34)28(35,36)37)12-19(29)23(21)38-24(40)18-8-5-9-20(22(18)30)39(14-15-10-11-15)25(41)16-6-3-2-4-7-16/h2-9,12-13,15H,10-11,14H2,1H3,(H,38,40). The Morgan fingerprint density at radius 2 is 1.57 bits per heavy atom. The molecule has 3 aromatic carbocycles. The van der Waals surface area contributed by atoms with Crippen molar-refractivity contribution in [2.75, 3.05) is 23.0 Å². The molecule has 14 heteroatoms. The largest absolute Gasteiger partial charge is 0.435 e. The van der Waals surface area contributed by atoms with Crippen molar-refractivity contribution in [2.24, 2.45) is 5.92 Å². The van der Waals surface area contributed by atoms with Gasteiger partial charge in [0.25, 0.3) is 11.8 Å². The third-order valence-corrected chi connectivity index (χ3v) is 8.00. The third-order valence-electron chi connectivity index (χ3n) is 6.61. The fourth-order valence-electron chi connectivity index (χ4n) is 4.22. The molecule has 0 heterocycles. The molecule has 224 valence electrons. The molecule has 2 amide bonds. The van der Waals surface area contributed by atoms with Crippen LogP contribution in [0.1, 0.15) is 39.1 Å².